The zero-order valence-electron chi connectivity index (χ0n) is 10.4. The molecule has 0 radical (unpaired) electrons. The normalized spacial score (nSPS) is 25.1. The van der Waals surface area contributed by atoms with Crippen LogP contribution in [0.5, 0.6) is 0 Å². The van der Waals surface area contributed by atoms with Crippen molar-refractivity contribution in [1.29, 1.82) is 0 Å². The molecule has 1 heterocycles. The van der Waals surface area contributed by atoms with Crippen molar-refractivity contribution in [1.82, 2.24) is 0 Å². The minimum absolute atomic E-state index is 0.306. The Balaban J connectivity index is 2.67. The van der Waals surface area contributed by atoms with Crippen LogP contribution in [0.4, 0.5) is 13.2 Å². The summed E-state index contributed by atoms with van der Waals surface area (Å²) in [7, 11) is 0. The molecule has 0 aromatic rings. The monoisotopic (exact) mass is 302 g/mol. The predicted molar refractivity (Wildman–Crippen MR) is 68.7 cm³/mol. The molecule has 0 aromatic heterocycles. The van der Waals surface area contributed by atoms with Gasteiger partial charge >= 0.3 is 12.1 Å². The van der Waals surface area contributed by atoms with Gasteiger partial charge in [-0.05, 0) is 31.3 Å². The Hall–Kier alpha value is -0.0400. The Morgan fingerprint density at radius 3 is 2.61 bits per heavy atom. The largest absolute Gasteiger partial charge is 0.450 e. The van der Waals surface area contributed by atoms with Gasteiger partial charge < -0.3 is 4.74 Å². The summed E-state index contributed by atoms with van der Waals surface area (Å²) in [4.78, 5) is 11.8. The fourth-order valence-corrected chi connectivity index (χ4v) is 3.74. The van der Waals surface area contributed by atoms with E-state index in [0.29, 0.717) is 5.75 Å². The summed E-state index contributed by atoms with van der Waals surface area (Å²) < 4.78 is 43.7. The van der Waals surface area contributed by atoms with Crippen molar-refractivity contribution in [3.8, 4) is 0 Å². The topological polar surface area (TPSA) is 26.3 Å². The van der Waals surface area contributed by atoms with E-state index in [-0.39, 0.29) is 6.42 Å². The van der Waals surface area contributed by atoms with E-state index in [1.165, 1.54) is 18.7 Å². The van der Waals surface area contributed by atoms with Gasteiger partial charge in [0.2, 0.25) is 0 Å². The molecule has 1 fully saturated rings. The highest BCUT2D eigenvalue weighted by molar-refractivity contribution is 8.03. The van der Waals surface area contributed by atoms with Crippen LogP contribution in [0.15, 0.2) is 0 Å². The average molecular weight is 302 g/mol. The Labute approximate surface area is 113 Å². The second-order valence-corrected chi connectivity index (χ2v) is 6.73. The lowest BCUT2D eigenvalue weighted by Gasteiger charge is -2.30. The second kappa shape index (κ2) is 6.41. The van der Waals surface area contributed by atoms with Crippen molar-refractivity contribution in [2.45, 2.75) is 38.3 Å². The fraction of sp³-hybridized carbons (Fsp3) is 0.909. The molecule has 0 saturated carbocycles. The number of hydrogen-bond acceptors (Lipinski definition) is 4. The summed E-state index contributed by atoms with van der Waals surface area (Å²) in [5, 5.41) is 0. The van der Waals surface area contributed by atoms with Crippen molar-refractivity contribution in [3.63, 3.8) is 0 Å². The van der Waals surface area contributed by atoms with E-state index in [0.717, 1.165) is 24.9 Å². The molecule has 0 N–H and O–H groups in total. The number of hydrogen-bond donors (Lipinski definition) is 0. The third-order valence-corrected chi connectivity index (χ3v) is 5.50. The standard InChI is InChI=1S/C11H17F3O2S2/c1-3-10(2,11(12,13)14)9(15)16-8-7-17-5-4-6-18-8/h8H,3-7H2,1-2H3. The van der Waals surface area contributed by atoms with Crippen LogP contribution in [0.2, 0.25) is 0 Å². The van der Waals surface area contributed by atoms with Gasteiger partial charge in [-0.2, -0.15) is 24.9 Å². The maximum atomic E-state index is 12.9. The molecule has 1 aliphatic rings. The van der Waals surface area contributed by atoms with Crippen molar-refractivity contribution in [2.75, 3.05) is 17.3 Å². The van der Waals surface area contributed by atoms with Gasteiger partial charge in [-0.15, -0.1) is 11.8 Å². The van der Waals surface area contributed by atoms with E-state index < -0.39 is 23.0 Å². The van der Waals surface area contributed by atoms with E-state index in [2.05, 4.69) is 0 Å². The maximum Gasteiger partial charge on any atom is 0.404 e. The van der Waals surface area contributed by atoms with Crippen molar-refractivity contribution in [3.05, 3.63) is 0 Å². The number of alkyl halides is 3. The van der Waals surface area contributed by atoms with Gasteiger partial charge in [0.1, 0.15) is 0 Å². The first kappa shape index (κ1) is 16.0. The van der Waals surface area contributed by atoms with Gasteiger partial charge in [-0.1, -0.05) is 6.92 Å². The zero-order valence-corrected chi connectivity index (χ0v) is 12.0. The predicted octanol–water partition coefficient (Wildman–Crippen LogP) is 3.70. The molecule has 7 heteroatoms. The molecule has 0 aliphatic carbocycles. The maximum absolute atomic E-state index is 12.9. The van der Waals surface area contributed by atoms with Crippen LogP contribution >= 0.6 is 23.5 Å². The Morgan fingerprint density at radius 2 is 2.06 bits per heavy atom. The molecule has 18 heavy (non-hydrogen) atoms. The van der Waals surface area contributed by atoms with E-state index >= 15 is 0 Å². The molecule has 1 aliphatic heterocycles. The Bertz CT molecular complexity index is 289. The molecular formula is C11H17F3O2S2. The van der Waals surface area contributed by atoms with E-state index in [4.69, 9.17) is 4.74 Å². The lowest BCUT2D eigenvalue weighted by molar-refractivity contribution is -0.231. The lowest BCUT2D eigenvalue weighted by Crippen LogP contribution is -2.44. The number of thioether (sulfide) groups is 2. The van der Waals surface area contributed by atoms with Crippen LogP contribution in [-0.4, -0.2) is 34.8 Å². The van der Waals surface area contributed by atoms with Gasteiger partial charge in [-0.25, -0.2) is 0 Å². The molecule has 1 rings (SSSR count). The smallest absolute Gasteiger partial charge is 0.404 e. The summed E-state index contributed by atoms with van der Waals surface area (Å²) in [6.45, 7) is 2.26. The van der Waals surface area contributed by atoms with Crippen molar-refractivity contribution >= 4 is 29.5 Å². The van der Waals surface area contributed by atoms with Crippen LogP contribution in [0.3, 0.4) is 0 Å². The van der Waals surface area contributed by atoms with Crippen LogP contribution in [0.25, 0.3) is 0 Å². The molecule has 0 aromatic carbocycles. The Kier molecular flexibility index (Phi) is 5.70. The first-order valence-electron chi connectivity index (χ1n) is 5.78. The highest BCUT2D eigenvalue weighted by atomic mass is 32.2. The minimum atomic E-state index is -4.57. The van der Waals surface area contributed by atoms with Gasteiger partial charge in [0, 0.05) is 5.75 Å². The minimum Gasteiger partial charge on any atom is -0.450 e. The van der Waals surface area contributed by atoms with E-state index in [1.54, 1.807) is 11.8 Å². The highest BCUT2D eigenvalue weighted by Crippen LogP contribution is 2.42. The SMILES string of the molecule is CCC(C)(C(=O)OC1CSCCCS1)C(F)(F)F. The molecule has 0 spiro atoms. The summed E-state index contributed by atoms with van der Waals surface area (Å²) in [6, 6.07) is 0. The fourth-order valence-electron chi connectivity index (χ4n) is 1.38. The van der Waals surface area contributed by atoms with Gasteiger partial charge in [0.05, 0.1) is 0 Å². The second-order valence-electron chi connectivity index (χ2n) is 4.32. The van der Waals surface area contributed by atoms with Crippen molar-refractivity contribution < 1.29 is 22.7 Å². The van der Waals surface area contributed by atoms with Gasteiger partial charge in [0.25, 0.3) is 0 Å². The van der Waals surface area contributed by atoms with Crippen LogP contribution in [0, 0.1) is 5.41 Å². The van der Waals surface area contributed by atoms with Crippen molar-refractivity contribution in [2.24, 2.45) is 5.41 Å². The van der Waals surface area contributed by atoms with Gasteiger partial charge in [0.15, 0.2) is 10.9 Å². The highest BCUT2D eigenvalue weighted by Gasteiger charge is 2.57. The third kappa shape index (κ3) is 3.73. The molecular weight excluding hydrogens is 285 g/mol. The number of halogens is 3. The number of ether oxygens (including phenoxy) is 1. The number of rotatable bonds is 3. The molecule has 0 amide bonds. The number of carbonyl (C=O) groups excluding carboxylic acids is 1. The van der Waals surface area contributed by atoms with E-state index in [1.807, 2.05) is 0 Å². The van der Waals surface area contributed by atoms with Crippen LogP contribution in [-0.2, 0) is 9.53 Å². The number of esters is 1. The molecule has 2 atom stereocenters. The first-order chi connectivity index (χ1) is 8.31. The number of carbonyl (C=O) groups is 1. The quantitative estimate of drug-likeness (QED) is 0.743. The summed E-state index contributed by atoms with van der Waals surface area (Å²) in [5.41, 5.74) is -2.86. The van der Waals surface area contributed by atoms with Gasteiger partial charge in [-0.3, -0.25) is 4.79 Å². The third-order valence-electron chi connectivity index (χ3n) is 3.01. The Morgan fingerprint density at radius 1 is 1.39 bits per heavy atom. The lowest BCUT2D eigenvalue weighted by atomic mass is 9.87. The van der Waals surface area contributed by atoms with Crippen LogP contribution < -0.4 is 0 Å². The summed E-state index contributed by atoms with van der Waals surface area (Å²) >= 11 is 3.03. The first-order valence-corrected chi connectivity index (χ1v) is 7.98. The molecule has 1 saturated heterocycles. The molecule has 0 bridgehead atoms. The molecule has 2 nitrogen and oxygen atoms in total. The molecule has 106 valence electrons. The molecule has 2 unspecified atom stereocenters. The van der Waals surface area contributed by atoms with Crippen LogP contribution in [0.1, 0.15) is 26.7 Å². The summed E-state index contributed by atoms with van der Waals surface area (Å²) in [6.07, 6.45) is -3.88. The zero-order chi connectivity index (χ0) is 13.8. The average Bonchev–Trinajstić information content (AvgIpc) is 2.54. The van der Waals surface area contributed by atoms with E-state index in [9.17, 15) is 18.0 Å². The summed E-state index contributed by atoms with van der Waals surface area (Å²) in [5.74, 6) is 1.19.